The maximum atomic E-state index is 12.0. The molecule has 2 aromatic heterocycles. The van der Waals surface area contributed by atoms with Crippen LogP contribution in [0.4, 0.5) is 5.82 Å². The summed E-state index contributed by atoms with van der Waals surface area (Å²) in [6, 6.07) is 1.97. The number of H-pyrrole nitrogens is 1. The number of unbranched alkanes of at least 4 members (excludes halogenated alkanes) is 1. The molecule has 0 aromatic carbocycles. The van der Waals surface area contributed by atoms with Crippen LogP contribution in [0.1, 0.15) is 62.8 Å². The van der Waals surface area contributed by atoms with Crippen LogP contribution < -0.4 is 5.32 Å². The number of nitrogens with zero attached hydrogens (tertiary/aromatic N) is 4. The lowest BCUT2D eigenvalue weighted by molar-refractivity contribution is -0.115. The average molecular weight is 330 g/mol. The number of amides is 1. The Bertz CT molecular complexity index is 676. The molecule has 3 rings (SSSR count). The van der Waals surface area contributed by atoms with Crippen molar-refractivity contribution in [1.29, 1.82) is 0 Å². The van der Waals surface area contributed by atoms with Gasteiger partial charge >= 0.3 is 0 Å². The summed E-state index contributed by atoms with van der Waals surface area (Å²) < 4.78 is 1.59. The fourth-order valence-electron chi connectivity index (χ4n) is 3.55. The van der Waals surface area contributed by atoms with Crippen LogP contribution in [0.3, 0.4) is 0 Å². The van der Waals surface area contributed by atoms with Crippen LogP contribution in [0.5, 0.6) is 0 Å². The lowest BCUT2D eigenvalue weighted by atomic mass is 9.98. The zero-order valence-electron chi connectivity index (χ0n) is 14.5. The Kier molecular flexibility index (Phi) is 5.27. The van der Waals surface area contributed by atoms with E-state index in [0.29, 0.717) is 17.4 Å². The topological polar surface area (TPSA) is 88.5 Å². The fraction of sp³-hybridized carbons (Fsp3) is 0.647. The summed E-state index contributed by atoms with van der Waals surface area (Å²) in [5, 5.41) is 17.9. The van der Waals surface area contributed by atoms with Crippen molar-refractivity contribution in [2.24, 2.45) is 13.0 Å². The highest BCUT2D eigenvalue weighted by atomic mass is 16.1. The van der Waals surface area contributed by atoms with E-state index in [2.05, 4.69) is 32.7 Å². The molecular formula is C17H26N6O. The highest BCUT2D eigenvalue weighted by molar-refractivity contribution is 5.91. The van der Waals surface area contributed by atoms with Gasteiger partial charge in [-0.3, -0.25) is 14.6 Å². The van der Waals surface area contributed by atoms with Crippen molar-refractivity contribution >= 4 is 11.7 Å². The van der Waals surface area contributed by atoms with Crippen molar-refractivity contribution in [1.82, 2.24) is 25.2 Å². The molecule has 1 aliphatic rings. The van der Waals surface area contributed by atoms with Gasteiger partial charge in [0.25, 0.3) is 0 Å². The van der Waals surface area contributed by atoms with Crippen molar-refractivity contribution in [3.8, 4) is 0 Å². The summed E-state index contributed by atoms with van der Waals surface area (Å²) >= 11 is 0. The maximum Gasteiger partial charge on any atom is 0.231 e. The molecule has 24 heavy (non-hydrogen) atoms. The molecule has 0 saturated heterocycles. The van der Waals surface area contributed by atoms with Crippen LogP contribution in [0.25, 0.3) is 0 Å². The largest absolute Gasteiger partial charge is 0.309 e. The molecule has 130 valence electrons. The minimum Gasteiger partial charge on any atom is -0.309 e. The van der Waals surface area contributed by atoms with Crippen LogP contribution in [0.15, 0.2) is 12.3 Å². The second-order valence-electron chi connectivity index (χ2n) is 6.84. The van der Waals surface area contributed by atoms with Gasteiger partial charge in [0.15, 0.2) is 5.82 Å². The monoisotopic (exact) mass is 330 g/mol. The van der Waals surface area contributed by atoms with Crippen LogP contribution in [-0.2, 0) is 18.3 Å². The minimum absolute atomic E-state index is 0.124. The zero-order chi connectivity index (χ0) is 16.9. The highest BCUT2D eigenvalue weighted by Gasteiger charge is 2.26. The third-order valence-corrected chi connectivity index (χ3v) is 4.80. The number of nitrogens with one attached hydrogen (secondary N) is 2. The second-order valence-corrected chi connectivity index (χ2v) is 6.84. The molecule has 2 N–H and O–H groups in total. The zero-order valence-corrected chi connectivity index (χ0v) is 14.5. The summed E-state index contributed by atoms with van der Waals surface area (Å²) in [5.41, 5.74) is 1.80. The van der Waals surface area contributed by atoms with E-state index in [9.17, 15) is 4.79 Å². The van der Waals surface area contributed by atoms with Crippen LogP contribution in [-0.4, -0.2) is 31.1 Å². The predicted octanol–water partition coefficient (Wildman–Crippen LogP) is 2.79. The van der Waals surface area contributed by atoms with Gasteiger partial charge in [0.1, 0.15) is 0 Å². The van der Waals surface area contributed by atoms with E-state index in [-0.39, 0.29) is 12.3 Å². The van der Waals surface area contributed by atoms with E-state index < -0.39 is 0 Å². The molecular weight excluding hydrogens is 304 g/mol. The number of carbonyl (C=O) groups is 1. The molecule has 7 nitrogen and oxygen atoms in total. The minimum atomic E-state index is -0.124. The molecule has 2 heterocycles. The Balaban J connectivity index is 1.51. The molecule has 7 heteroatoms. The van der Waals surface area contributed by atoms with E-state index >= 15 is 0 Å². The molecule has 2 aromatic rings. The van der Waals surface area contributed by atoms with E-state index in [1.54, 1.807) is 17.9 Å². The second kappa shape index (κ2) is 7.59. The molecule has 0 aliphatic heterocycles. The molecule has 1 aliphatic carbocycles. The van der Waals surface area contributed by atoms with E-state index in [1.165, 1.54) is 38.5 Å². The third-order valence-electron chi connectivity index (χ3n) is 4.80. The van der Waals surface area contributed by atoms with Gasteiger partial charge in [-0.15, -0.1) is 5.10 Å². The number of aromatic amines is 1. The van der Waals surface area contributed by atoms with Gasteiger partial charge in [0, 0.05) is 30.9 Å². The Hall–Kier alpha value is -2.18. The lowest BCUT2D eigenvalue weighted by Gasteiger charge is -2.09. The van der Waals surface area contributed by atoms with Gasteiger partial charge in [-0.1, -0.05) is 31.4 Å². The standard InChI is InChI=1S/C17H26N6O/c1-3-4-5-12-6-7-13(8-12)15-10-16(21-20-15)18-17(24)9-14-11-23(2)22-19-14/h10-13H,3-9H2,1-2H3,(H2,18,20,21,24)/t12-,13+/m1/s1. The van der Waals surface area contributed by atoms with E-state index in [4.69, 9.17) is 0 Å². The quantitative estimate of drug-likeness (QED) is 0.817. The van der Waals surface area contributed by atoms with Crippen molar-refractivity contribution in [2.75, 3.05) is 5.32 Å². The summed E-state index contributed by atoms with van der Waals surface area (Å²) in [5.74, 6) is 1.86. The first kappa shape index (κ1) is 16.7. The molecule has 1 amide bonds. The van der Waals surface area contributed by atoms with Crippen LogP contribution in [0, 0.1) is 5.92 Å². The lowest BCUT2D eigenvalue weighted by Crippen LogP contribution is -2.14. The predicted molar refractivity (Wildman–Crippen MR) is 91.5 cm³/mol. The van der Waals surface area contributed by atoms with Crippen molar-refractivity contribution in [2.45, 2.75) is 57.8 Å². The smallest absolute Gasteiger partial charge is 0.231 e. The molecule has 0 spiro atoms. The summed E-state index contributed by atoms with van der Waals surface area (Å²) in [7, 11) is 1.78. The Morgan fingerprint density at radius 2 is 2.33 bits per heavy atom. The van der Waals surface area contributed by atoms with E-state index in [1.807, 2.05) is 6.07 Å². The van der Waals surface area contributed by atoms with Gasteiger partial charge in [-0.2, -0.15) is 5.10 Å². The third kappa shape index (κ3) is 4.21. The van der Waals surface area contributed by atoms with Gasteiger partial charge in [-0.25, -0.2) is 0 Å². The van der Waals surface area contributed by atoms with Crippen molar-refractivity contribution < 1.29 is 4.79 Å². The first-order chi connectivity index (χ1) is 11.6. The van der Waals surface area contributed by atoms with Crippen LogP contribution >= 0.6 is 0 Å². The SMILES string of the molecule is CCCC[C@@H]1CC[C@H](c2cc(NC(=O)Cc3cn(C)nn3)n[nH]2)C1. The van der Waals surface area contributed by atoms with Gasteiger partial charge < -0.3 is 5.32 Å². The average Bonchev–Trinajstić information content (AvgIpc) is 3.26. The molecule has 0 unspecified atom stereocenters. The number of hydrogen-bond acceptors (Lipinski definition) is 4. The number of anilines is 1. The number of carbonyl (C=O) groups excluding carboxylic acids is 1. The first-order valence-corrected chi connectivity index (χ1v) is 8.84. The van der Waals surface area contributed by atoms with E-state index in [0.717, 1.165) is 11.6 Å². The van der Waals surface area contributed by atoms with Gasteiger partial charge in [0.2, 0.25) is 5.91 Å². The molecule has 0 bridgehead atoms. The Morgan fingerprint density at radius 1 is 1.46 bits per heavy atom. The van der Waals surface area contributed by atoms with Crippen molar-refractivity contribution in [3.63, 3.8) is 0 Å². The molecule has 2 atom stereocenters. The highest BCUT2D eigenvalue weighted by Crippen LogP contribution is 2.40. The van der Waals surface area contributed by atoms with Gasteiger partial charge in [-0.05, 0) is 25.2 Å². The number of aryl methyl sites for hydroxylation is 1. The molecule has 1 saturated carbocycles. The van der Waals surface area contributed by atoms with Crippen molar-refractivity contribution in [3.05, 3.63) is 23.7 Å². The summed E-state index contributed by atoms with van der Waals surface area (Å²) in [4.78, 5) is 12.0. The molecule has 1 fully saturated rings. The number of hydrogen-bond donors (Lipinski definition) is 2. The summed E-state index contributed by atoms with van der Waals surface area (Å²) in [6.45, 7) is 2.25. The maximum absolute atomic E-state index is 12.0. The van der Waals surface area contributed by atoms with Crippen LogP contribution in [0.2, 0.25) is 0 Å². The first-order valence-electron chi connectivity index (χ1n) is 8.84. The Labute approximate surface area is 142 Å². The normalized spacial score (nSPS) is 20.4. The Morgan fingerprint density at radius 3 is 3.08 bits per heavy atom. The number of rotatable bonds is 7. The summed E-state index contributed by atoms with van der Waals surface area (Å²) in [6.07, 6.45) is 9.62. The fourth-order valence-corrected chi connectivity index (χ4v) is 3.55. The number of aromatic nitrogens is 5. The van der Waals surface area contributed by atoms with Gasteiger partial charge in [0.05, 0.1) is 12.1 Å². The molecule has 0 radical (unpaired) electrons.